The van der Waals surface area contributed by atoms with Crippen molar-refractivity contribution in [1.29, 1.82) is 0 Å². The van der Waals surface area contributed by atoms with Crippen molar-refractivity contribution in [2.45, 2.75) is 13.5 Å². The standard InChI is InChI=1S/C26H18Br2ClFN2O4S/c1-14-4-2-5-16(8-14)31-23(33)13-36-24-18(27)9-15(10-19(24)28)11-22-25(34)32(26(35)37-22)12-17-20(29)6-3-7-21(17)30/h2-11H,12-13H2,1H3,(H,31,33)/b22-11-. The van der Waals surface area contributed by atoms with E-state index in [0.717, 1.165) is 22.2 Å². The molecule has 6 nitrogen and oxygen atoms in total. The Bertz CT molecular complexity index is 1410. The van der Waals surface area contributed by atoms with E-state index in [-0.39, 0.29) is 34.6 Å². The second-order valence-corrected chi connectivity index (χ2v) is 11.1. The van der Waals surface area contributed by atoms with Crippen molar-refractivity contribution in [3.8, 4) is 5.75 Å². The molecular formula is C26H18Br2ClFN2O4S. The normalized spacial score (nSPS) is 14.4. The fourth-order valence-corrected chi connectivity index (χ4v) is 6.00. The summed E-state index contributed by atoms with van der Waals surface area (Å²) < 4.78 is 20.9. The molecular weight excluding hydrogens is 651 g/mol. The maximum atomic E-state index is 14.2. The Hall–Kier alpha value is -2.66. The Morgan fingerprint density at radius 1 is 1.14 bits per heavy atom. The number of hydrogen-bond donors (Lipinski definition) is 1. The van der Waals surface area contributed by atoms with Crippen molar-refractivity contribution in [1.82, 2.24) is 4.90 Å². The fourth-order valence-electron chi connectivity index (χ4n) is 3.49. The lowest BCUT2D eigenvalue weighted by Gasteiger charge is -2.14. The first-order valence-corrected chi connectivity index (χ1v) is 13.6. The first kappa shape index (κ1) is 27.4. The number of nitrogens with zero attached hydrogens (tertiary/aromatic N) is 1. The smallest absolute Gasteiger partial charge is 0.293 e. The number of carbonyl (C=O) groups is 3. The molecule has 1 heterocycles. The predicted molar refractivity (Wildman–Crippen MR) is 150 cm³/mol. The summed E-state index contributed by atoms with van der Waals surface area (Å²) in [6.07, 6.45) is 1.55. The number of halogens is 4. The molecule has 3 amide bonds. The number of aryl methyl sites for hydroxylation is 1. The number of rotatable bonds is 7. The van der Waals surface area contributed by atoms with Crippen LogP contribution in [-0.4, -0.2) is 28.6 Å². The molecule has 0 aliphatic carbocycles. The van der Waals surface area contributed by atoms with Gasteiger partial charge in [0.05, 0.1) is 20.4 Å². The zero-order valence-corrected chi connectivity index (χ0v) is 23.9. The molecule has 3 aromatic carbocycles. The maximum Gasteiger partial charge on any atom is 0.293 e. The lowest BCUT2D eigenvalue weighted by Crippen LogP contribution is -2.28. The Morgan fingerprint density at radius 2 is 1.84 bits per heavy atom. The van der Waals surface area contributed by atoms with Gasteiger partial charge in [0, 0.05) is 16.3 Å². The van der Waals surface area contributed by atoms with Crippen LogP contribution >= 0.6 is 55.2 Å². The van der Waals surface area contributed by atoms with Gasteiger partial charge in [-0.25, -0.2) is 4.39 Å². The number of amides is 3. The van der Waals surface area contributed by atoms with Gasteiger partial charge in [0.15, 0.2) is 6.61 Å². The number of imide groups is 1. The Balaban J connectivity index is 1.45. The average molecular weight is 669 g/mol. The van der Waals surface area contributed by atoms with Crippen LogP contribution in [0.4, 0.5) is 14.9 Å². The summed E-state index contributed by atoms with van der Waals surface area (Å²) in [5.41, 5.74) is 2.37. The summed E-state index contributed by atoms with van der Waals surface area (Å²) in [6, 6.07) is 15.0. The van der Waals surface area contributed by atoms with Gasteiger partial charge >= 0.3 is 0 Å². The molecule has 1 N–H and O–H groups in total. The van der Waals surface area contributed by atoms with E-state index < -0.39 is 17.0 Å². The van der Waals surface area contributed by atoms with Gasteiger partial charge in [-0.3, -0.25) is 19.3 Å². The molecule has 190 valence electrons. The van der Waals surface area contributed by atoms with Crippen LogP contribution in [0.3, 0.4) is 0 Å². The number of anilines is 1. The summed E-state index contributed by atoms with van der Waals surface area (Å²) in [4.78, 5) is 38.8. The van der Waals surface area contributed by atoms with E-state index in [0.29, 0.717) is 25.9 Å². The molecule has 0 atom stereocenters. The minimum absolute atomic E-state index is 0.0751. The first-order chi connectivity index (χ1) is 17.6. The second-order valence-electron chi connectivity index (χ2n) is 7.99. The highest BCUT2D eigenvalue weighted by atomic mass is 79.9. The highest BCUT2D eigenvalue weighted by Crippen LogP contribution is 2.38. The minimum atomic E-state index is -0.591. The van der Waals surface area contributed by atoms with Crippen LogP contribution in [0.2, 0.25) is 5.02 Å². The van der Waals surface area contributed by atoms with Crippen molar-refractivity contribution >= 4 is 84.0 Å². The summed E-state index contributed by atoms with van der Waals surface area (Å²) in [6.45, 7) is 1.45. The summed E-state index contributed by atoms with van der Waals surface area (Å²) in [7, 11) is 0. The van der Waals surface area contributed by atoms with Gasteiger partial charge in [-0.1, -0.05) is 29.8 Å². The molecule has 37 heavy (non-hydrogen) atoms. The average Bonchev–Trinajstić information content (AvgIpc) is 3.08. The van der Waals surface area contributed by atoms with Crippen molar-refractivity contribution in [2.24, 2.45) is 0 Å². The zero-order valence-electron chi connectivity index (χ0n) is 19.2. The third-order valence-electron chi connectivity index (χ3n) is 5.22. The van der Waals surface area contributed by atoms with Crippen LogP contribution in [-0.2, 0) is 16.1 Å². The molecule has 1 aliphatic heterocycles. The molecule has 0 saturated carbocycles. The molecule has 1 aliphatic rings. The number of carbonyl (C=O) groups excluding carboxylic acids is 3. The van der Waals surface area contributed by atoms with Crippen LogP contribution in [0.5, 0.6) is 5.75 Å². The van der Waals surface area contributed by atoms with Crippen molar-refractivity contribution in [2.75, 3.05) is 11.9 Å². The van der Waals surface area contributed by atoms with Gasteiger partial charge < -0.3 is 10.1 Å². The number of ether oxygens (including phenoxy) is 1. The lowest BCUT2D eigenvalue weighted by atomic mass is 10.2. The number of thioether (sulfide) groups is 1. The third kappa shape index (κ3) is 6.62. The van der Waals surface area contributed by atoms with E-state index in [4.69, 9.17) is 16.3 Å². The molecule has 1 saturated heterocycles. The summed E-state index contributed by atoms with van der Waals surface area (Å²) >= 11 is 13.7. The highest BCUT2D eigenvalue weighted by molar-refractivity contribution is 9.11. The molecule has 0 bridgehead atoms. The van der Waals surface area contributed by atoms with Gasteiger partial charge in [0.2, 0.25) is 0 Å². The minimum Gasteiger partial charge on any atom is -0.481 e. The second kappa shape index (κ2) is 11.8. The predicted octanol–water partition coefficient (Wildman–Crippen LogP) is 7.57. The van der Waals surface area contributed by atoms with Crippen LogP contribution < -0.4 is 10.1 Å². The quantitative estimate of drug-likeness (QED) is 0.263. The van der Waals surface area contributed by atoms with Crippen LogP contribution in [0.15, 0.2) is 68.4 Å². The Labute approximate surface area is 238 Å². The highest BCUT2D eigenvalue weighted by Gasteiger charge is 2.36. The first-order valence-electron chi connectivity index (χ1n) is 10.8. The van der Waals surface area contributed by atoms with Crippen LogP contribution in [0.25, 0.3) is 6.08 Å². The van der Waals surface area contributed by atoms with E-state index in [2.05, 4.69) is 37.2 Å². The summed E-state index contributed by atoms with van der Waals surface area (Å²) in [5.74, 6) is -1.06. The fraction of sp³-hybridized carbons (Fsp3) is 0.115. The van der Waals surface area contributed by atoms with Gasteiger partial charge in [0.25, 0.3) is 17.1 Å². The van der Waals surface area contributed by atoms with Gasteiger partial charge in [0.1, 0.15) is 11.6 Å². The molecule has 1 fully saturated rings. The molecule has 11 heteroatoms. The third-order valence-corrected chi connectivity index (χ3v) is 7.66. The largest absolute Gasteiger partial charge is 0.481 e. The van der Waals surface area contributed by atoms with Gasteiger partial charge in [-0.05, 0) is 104 Å². The van der Waals surface area contributed by atoms with Crippen molar-refractivity contribution < 1.29 is 23.5 Å². The molecule has 4 rings (SSSR count). The molecule has 0 spiro atoms. The van der Waals surface area contributed by atoms with E-state index >= 15 is 0 Å². The van der Waals surface area contributed by atoms with Crippen LogP contribution in [0, 0.1) is 12.7 Å². The molecule has 0 unspecified atom stereocenters. The number of benzene rings is 3. The van der Waals surface area contributed by atoms with Crippen molar-refractivity contribution in [3.63, 3.8) is 0 Å². The number of hydrogen-bond acceptors (Lipinski definition) is 5. The van der Waals surface area contributed by atoms with E-state index in [1.54, 1.807) is 24.3 Å². The van der Waals surface area contributed by atoms with Crippen molar-refractivity contribution in [3.05, 3.63) is 96.0 Å². The lowest BCUT2D eigenvalue weighted by molar-refractivity contribution is -0.123. The van der Waals surface area contributed by atoms with Gasteiger partial charge in [-0.15, -0.1) is 0 Å². The van der Waals surface area contributed by atoms with E-state index in [9.17, 15) is 18.8 Å². The Kier molecular flexibility index (Phi) is 8.74. The van der Waals surface area contributed by atoms with Crippen LogP contribution in [0.1, 0.15) is 16.7 Å². The Morgan fingerprint density at radius 3 is 2.51 bits per heavy atom. The molecule has 0 aromatic heterocycles. The number of nitrogens with one attached hydrogen (secondary N) is 1. The zero-order chi connectivity index (χ0) is 26.7. The van der Waals surface area contributed by atoms with Gasteiger partial charge in [-0.2, -0.15) is 0 Å². The molecule has 0 radical (unpaired) electrons. The SMILES string of the molecule is Cc1cccc(NC(=O)COc2c(Br)cc(/C=C3\SC(=O)N(Cc4c(F)cccc4Cl)C3=O)cc2Br)c1. The van der Waals surface area contributed by atoms with E-state index in [1.165, 1.54) is 18.2 Å². The topological polar surface area (TPSA) is 75.7 Å². The maximum absolute atomic E-state index is 14.2. The van der Waals surface area contributed by atoms with E-state index in [1.807, 2.05) is 25.1 Å². The monoisotopic (exact) mass is 666 g/mol. The summed E-state index contributed by atoms with van der Waals surface area (Å²) in [5, 5.41) is 2.39. The molecule has 3 aromatic rings.